The molecule has 1 aliphatic rings. The minimum absolute atomic E-state index is 0.0534. The third-order valence-corrected chi connectivity index (χ3v) is 4.82. The topological polar surface area (TPSA) is 29.5 Å². The Kier molecular flexibility index (Phi) is 5.63. The number of amides is 1. The second kappa shape index (κ2) is 7.90. The summed E-state index contributed by atoms with van der Waals surface area (Å²) < 4.78 is 19.6. The fourth-order valence-corrected chi connectivity index (χ4v) is 3.32. The average Bonchev–Trinajstić information content (AvgIpc) is 3.09. The van der Waals surface area contributed by atoms with E-state index >= 15 is 0 Å². The van der Waals surface area contributed by atoms with Gasteiger partial charge in [-0.25, -0.2) is 4.39 Å². The van der Waals surface area contributed by atoms with E-state index in [4.69, 9.17) is 4.74 Å². The number of ether oxygens (including phenoxy) is 1. The van der Waals surface area contributed by atoms with E-state index in [1.54, 1.807) is 23.1 Å². The van der Waals surface area contributed by atoms with Gasteiger partial charge in [-0.05, 0) is 58.6 Å². The molecule has 0 aliphatic carbocycles. The fraction of sp³-hybridized carbons (Fsp3) is 0.316. The summed E-state index contributed by atoms with van der Waals surface area (Å²) in [6, 6.07) is 13.7. The number of rotatable bonds is 5. The normalized spacial score (nSPS) is 17.0. The van der Waals surface area contributed by atoms with Crippen molar-refractivity contribution in [2.75, 3.05) is 13.2 Å². The lowest BCUT2D eigenvalue weighted by molar-refractivity contribution is 0.0506. The molecule has 1 fully saturated rings. The summed E-state index contributed by atoms with van der Waals surface area (Å²) in [6.45, 7) is 1.72. The molecule has 1 amide bonds. The van der Waals surface area contributed by atoms with Crippen LogP contribution in [-0.2, 0) is 11.3 Å². The Morgan fingerprint density at radius 2 is 1.96 bits per heavy atom. The zero-order valence-electron chi connectivity index (χ0n) is 13.3. The molecule has 1 unspecified atom stereocenters. The minimum Gasteiger partial charge on any atom is -0.376 e. The molecule has 0 N–H and O–H groups in total. The number of hydrogen-bond donors (Lipinski definition) is 0. The smallest absolute Gasteiger partial charge is 0.255 e. The molecule has 3 nitrogen and oxygen atoms in total. The molecule has 1 saturated heterocycles. The maximum absolute atomic E-state index is 13.1. The van der Waals surface area contributed by atoms with Crippen LogP contribution in [0.3, 0.4) is 0 Å². The number of nitrogens with zero attached hydrogens (tertiary/aromatic N) is 1. The molecule has 24 heavy (non-hydrogen) atoms. The van der Waals surface area contributed by atoms with Gasteiger partial charge < -0.3 is 9.64 Å². The monoisotopic (exact) mass is 391 g/mol. The van der Waals surface area contributed by atoms with Crippen LogP contribution >= 0.6 is 15.9 Å². The van der Waals surface area contributed by atoms with Crippen LogP contribution in [-0.4, -0.2) is 30.1 Å². The van der Waals surface area contributed by atoms with E-state index in [2.05, 4.69) is 15.9 Å². The van der Waals surface area contributed by atoms with Crippen LogP contribution in [0.4, 0.5) is 4.39 Å². The van der Waals surface area contributed by atoms with Gasteiger partial charge in [0.05, 0.1) is 11.7 Å². The third-order valence-electron chi connectivity index (χ3n) is 4.13. The highest BCUT2D eigenvalue weighted by molar-refractivity contribution is 9.10. The van der Waals surface area contributed by atoms with Crippen LogP contribution in [0, 0.1) is 5.82 Å². The molecule has 0 aromatic heterocycles. The first-order valence-corrected chi connectivity index (χ1v) is 8.82. The summed E-state index contributed by atoms with van der Waals surface area (Å²) in [6.07, 6.45) is 2.05. The molecule has 1 heterocycles. The predicted molar refractivity (Wildman–Crippen MR) is 94.3 cm³/mol. The standard InChI is InChI=1S/C19H19BrFNO2/c20-18-6-2-1-5-17(18)19(23)22(13-16-4-3-11-24-16)12-14-7-9-15(21)10-8-14/h1-2,5-10,16H,3-4,11-13H2. The predicted octanol–water partition coefficient (Wildman–Crippen LogP) is 4.41. The second-order valence-electron chi connectivity index (χ2n) is 5.93. The Bertz CT molecular complexity index is 699. The quantitative estimate of drug-likeness (QED) is 0.755. The largest absolute Gasteiger partial charge is 0.376 e. The van der Waals surface area contributed by atoms with Gasteiger partial charge in [0.2, 0.25) is 0 Å². The van der Waals surface area contributed by atoms with E-state index in [1.807, 2.05) is 18.2 Å². The molecule has 2 aromatic rings. The van der Waals surface area contributed by atoms with Crippen LogP contribution in [0.15, 0.2) is 53.0 Å². The first-order chi connectivity index (χ1) is 11.6. The van der Waals surface area contributed by atoms with Crippen LogP contribution in [0.1, 0.15) is 28.8 Å². The highest BCUT2D eigenvalue weighted by atomic mass is 79.9. The van der Waals surface area contributed by atoms with E-state index in [-0.39, 0.29) is 17.8 Å². The van der Waals surface area contributed by atoms with E-state index in [0.29, 0.717) is 18.7 Å². The molecular formula is C19H19BrFNO2. The number of carbonyl (C=O) groups excluding carboxylic acids is 1. The van der Waals surface area contributed by atoms with Gasteiger partial charge in [-0.2, -0.15) is 0 Å². The summed E-state index contributed by atoms with van der Waals surface area (Å²) in [4.78, 5) is 14.8. The van der Waals surface area contributed by atoms with Crippen LogP contribution in [0.25, 0.3) is 0 Å². The molecule has 0 bridgehead atoms. The molecule has 3 rings (SSSR count). The molecule has 0 spiro atoms. The van der Waals surface area contributed by atoms with Gasteiger partial charge in [0.1, 0.15) is 5.82 Å². The Hall–Kier alpha value is -1.72. The van der Waals surface area contributed by atoms with Gasteiger partial charge in [-0.15, -0.1) is 0 Å². The molecular weight excluding hydrogens is 373 g/mol. The van der Waals surface area contributed by atoms with E-state index < -0.39 is 0 Å². The summed E-state index contributed by atoms with van der Waals surface area (Å²) >= 11 is 3.44. The first-order valence-electron chi connectivity index (χ1n) is 8.03. The van der Waals surface area contributed by atoms with Gasteiger partial charge >= 0.3 is 0 Å². The number of halogens is 2. The van der Waals surface area contributed by atoms with E-state index in [9.17, 15) is 9.18 Å². The first kappa shape index (κ1) is 17.1. The number of carbonyl (C=O) groups is 1. The average molecular weight is 392 g/mol. The second-order valence-corrected chi connectivity index (χ2v) is 6.78. The van der Waals surface area contributed by atoms with Crippen molar-refractivity contribution in [2.24, 2.45) is 0 Å². The zero-order valence-corrected chi connectivity index (χ0v) is 14.8. The summed E-state index contributed by atoms with van der Waals surface area (Å²) in [7, 11) is 0. The maximum Gasteiger partial charge on any atom is 0.255 e. The third kappa shape index (κ3) is 4.22. The van der Waals surface area contributed by atoms with E-state index in [0.717, 1.165) is 29.5 Å². The van der Waals surface area contributed by atoms with Crippen LogP contribution in [0.2, 0.25) is 0 Å². The van der Waals surface area contributed by atoms with Crippen molar-refractivity contribution >= 4 is 21.8 Å². The Balaban J connectivity index is 1.81. The summed E-state index contributed by atoms with van der Waals surface area (Å²) in [5.41, 5.74) is 1.52. The fourth-order valence-electron chi connectivity index (χ4n) is 2.87. The summed E-state index contributed by atoms with van der Waals surface area (Å²) in [5.74, 6) is -0.330. The number of hydrogen-bond acceptors (Lipinski definition) is 2. The molecule has 0 saturated carbocycles. The van der Waals surface area contributed by atoms with Crippen molar-refractivity contribution in [3.63, 3.8) is 0 Å². The zero-order chi connectivity index (χ0) is 16.9. The van der Waals surface area contributed by atoms with Crippen molar-refractivity contribution < 1.29 is 13.9 Å². The van der Waals surface area contributed by atoms with Crippen LogP contribution < -0.4 is 0 Å². The summed E-state index contributed by atoms with van der Waals surface area (Å²) in [5, 5.41) is 0. The highest BCUT2D eigenvalue weighted by Gasteiger charge is 2.24. The molecule has 1 atom stereocenters. The molecule has 126 valence electrons. The lowest BCUT2D eigenvalue weighted by Crippen LogP contribution is -2.37. The molecule has 0 radical (unpaired) electrons. The van der Waals surface area contributed by atoms with Crippen molar-refractivity contribution in [1.82, 2.24) is 4.90 Å². The van der Waals surface area contributed by atoms with E-state index in [1.165, 1.54) is 12.1 Å². The highest BCUT2D eigenvalue weighted by Crippen LogP contribution is 2.21. The van der Waals surface area contributed by atoms with Crippen molar-refractivity contribution in [3.8, 4) is 0 Å². The molecule has 5 heteroatoms. The Labute approximate surface area is 149 Å². The molecule has 1 aliphatic heterocycles. The number of benzene rings is 2. The maximum atomic E-state index is 13.1. The SMILES string of the molecule is O=C(c1ccccc1Br)N(Cc1ccc(F)cc1)CC1CCCO1. The van der Waals surface area contributed by atoms with Crippen molar-refractivity contribution in [1.29, 1.82) is 0 Å². The van der Waals surface area contributed by atoms with Gasteiger partial charge in [0.25, 0.3) is 5.91 Å². The van der Waals surface area contributed by atoms with Gasteiger partial charge in [-0.3, -0.25) is 4.79 Å². The van der Waals surface area contributed by atoms with Crippen molar-refractivity contribution in [2.45, 2.75) is 25.5 Å². The van der Waals surface area contributed by atoms with Gasteiger partial charge in [0.15, 0.2) is 0 Å². The Morgan fingerprint density at radius 3 is 2.62 bits per heavy atom. The lowest BCUT2D eigenvalue weighted by Gasteiger charge is -2.26. The Morgan fingerprint density at radius 1 is 1.21 bits per heavy atom. The minimum atomic E-state index is -0.276. The lowest BCUT2D eigenvalue weighted by atomic mass is 10.1. The van der Waals surface area contributed by atoms with Gasteiger partial charge in [-0.1, -0.05) is 24.3 Å². The molecule has 2 aromatic carbocycles. The van der Waals surface area contributed by atoms with Crippen molar-refractivity contribution in [3.05, 3.63) is 69.9 Å². The van der Waals surface area contributed by atoms with Crippen LogP contribution in [0.5, 0.6) is 0 Å². The van der Waals surface area contributed by atoms with Gasteiger partial charge in [0, 0.05) is 24.2 Å².